The number of piperidine rings is 2. The fourth-order valence-corrected chi connectivity index (χ4v) is 6.01. The molecule has 1 unspecified atom stereocenters. The largest absolute Gasteiger partial charge is 0.351 e. The van der Waals surface area contributed by atoms with Crippen LogP contribution in [0.15, 0.2) is 30.3 Å². The molecule has 3 saturated heterocycles. The van der Waals surface area contributed by atoms with Crippen LogP contribution >= 0.6 is 0 Å². The number of fused-ring (bicyclic) bond motifs is 1. The summed E-state index contributed by atoms with van der Waals surface area (Å²) in [5, 5.41) is 15.1. The molecule has 8 heteroatoms. The predicted molar refractivity (Wildman–Crippen MR) is 115 cm³/mol. The summed E-state index contributed by atoms with van der Waals surface area (Å²) in [4.78, 5) is 12.1. The van der Waals surface area contributed by atoms with Gasteiger partial charge in [-0.3, -0.25) is 14.4 Å². The lowest BCUT2D eigenvalue weighted by Gasteiger charge is -2.73. The Morgan fingerprint density at radius 2 is 2.00 bits per heavy atom. The van der Waals surface area contributed by atoms with E-state index in [4.69, 9.17) is 9.97 Å². The molecule has 0 aliphatic carbocycles. The minimum absolute atomic E-state index is 0.188. The molecule has 7 nitrogen and oxygen atoms in total. The molecule has 0 spiro atoms. The third kappa shape index (κ3) is 2.77. The average Bonchev–Trinajstić information content (AvgIpc) is 3.10. The smallest absolute Gasteiger partial charge is 0.225 e. The van der Waals surface area contributed by atoms with Crippen molar-refractivity contribution in [2.75, 3.05) is 17.3 Å². The number of nitrogens with one attached hydrogen (secondary N) is 3. The van der Waals surface area contributed by atoms with E-state index in [0.717, 1.165) is 53.9 Å². The van der Waals surface area contributed by atoms with Crippen LogP contribution in [0.4, 0.5) is 22.0 Å². The van der Waals surface area contributed by atoms with Crippen molar-refractivity contribution in [2.45, 2.75) is 62.7 Å². The highest BCUT2D eigenvalue weighted by Gasteiger charge is 2.64. The van der Waals surface area contributed by atoms with E-state index in [-0.39, 0.29) is 12.2 Å². The molecule has 3 fully saturated rings. The van der Waals surface area contributed by atoms with Crippen LogP contribution in [0.3, 0.4) is 0 Å². The van der Waals surface area contributed by atoms with Gasteiger partial charge in [0.1, 0.15) is 5.82 Å². The zero-order valence-corrected chi connectivity index (χ0v) is 17.0. The van der Waals surface area contributed by atoms with Crippen molar-refractivity contribution in [2.24, 2.45) is 0 Å². The highest BCUT2D eigenvalue weighted by atomic mass is 19.1. The van der Waals surface area contributed by atoms with Crippen LogP contribution in [-0.4, -0.2) is 55.4 Å². The fraction of sp³-hybridized carbons (Fsp3) is 0.500. The number of hydrogen-bond acceptors (Lipinski definition) is 6. The Kier molecular flexibility index (Phi) is 3.99. The zero-order valence-electron chi connectivity index (χ0n) is 17.0. The number of aryl methyl sites for hydroxylation is 1. The van der Waals surface area contributed by atoms with Gasteiger partial charge in [-0.15, -0.1) is 0 Å². The Balaban J connectivity index is 1.23. The SMILES string of the molecule is Cc1cc(Nc2nc(N[C@H]3C[C@@H]4CC5(CCF)C[C@H](C3)N45)nc3ccccc23)n[nH]1. The summed E-state index contributed by atoms with van der Waals surface area (Å²) in [6, 6.07) is 11.5. The van der Waals surface area contributed by atoms with E-state index in [9.17, 15) is 4.39 Å². The maximum atomic E-state index is 12.9. The van der Waals surface area contributed by atoms with Crippen molar-refractivity contribution in [3.8, 4) is 0 Å². The first kappa shape index (κ1) is 18.1. The molecule has 3 aliphatic heterocycles. The van der Waals surface area contributed by atoms with Gasteiger partial charge >= 0.3 is 0 Å². The lowest BCUT2D eigenvalue weighted by atomic mass is 9.58. The van der Waals surface area contributed by atoms with Crippen molar-refractivity contribution in [3.63, 3.8) is 0 Å². The molecule has 0 amide bonds. The summed E-state index contributed by atoms with van der Waals surface area (Å²) < 4.78 is 12.9. The van der Waals surface area contributed by atoms with Gasteiger partial charge in [-0.2, -0.15) is 10.1 Å². The monoisotopic (exact) mass is 407 g/mol. The van der Waals surface area contributed by atoms with Gasteiger partial charge in [0, 0.05) is 40.8 Å². The summed E-state index contributed by atoms with van der Waals surface area (Å²) >= 11 is 0. The summed E-state index contributed by atoms with van der Waals surface area (Å²) in [5.41, 5.74) is 2.08. The predicted octanol–water partition coefficient (Wildman–Crippen LogP) is 3.92. The van der Waals surface area contributed by atoms with Crippen LogP contribution in [-0.2, 0) is 0 Å². The van der Waals surface area contributed by atoms with Crippen LogP contribution in [0, 0.1) is 6.92 Å². The van der Waals surface area contributed by atoms with Crippen molar-refractivity contribution < 1.29 is 4.39 Å². The van der Waals surface area contributed by atoms with Crippen molar-refractivity contribution in [1.82, 2.24) is 25.1 Å². The second-order valence-corrected chi connectivity index (χ2v) is 9.07. The van der Waals surface area contributed by atoms with E-state index >= 15 is 0 Å². The van der Waals surface area contributed by atoms with Gasteiger partial charge in [-0.05, 0) is 51.2 Å². The van der Waals surface area contributed by atoms with Gasteiger partial charge in [0.25, 0.3) is 0 Å². The van der Waals surface area contributed by atoms with Crippen molar-refractivity contribution in [1.29, 1.82) is 0 Å². The maximum absolute atomic E-state index is 12.9. The minimum atomic E-state index is -0.201. The Hall–Kier alpha value is -2.74. The Morgan fingerprint density at radius 3 is 2.73 bits per heavy atom. The van der Waals surface area contributed by atoms with E-state index in [0.29, 0.717) is 30.5 Å². The first-order valence-corrected chi connectivity index (χ1v) is 10.8. The summed E-state index contributed by atoms with van der Waals surface area (Å²) in [6.45, 7) is 1.77. The van der Waals surface area contributed by atoms with Crippen LogP contribution in [0.25, 0.3) is 10.9 Å². The molecule has 3 N–H and O–H groups in total. The first-order valence-electron chi connectivity index (χ1n) is 10.8. The Labute approximate surface area is 174 Å². The number of benzene rings is 1. The van der Waals surface area contributed by atoms with Gasteiger partial charge in [-0.25, -0.2) is 4.98 Å². The third-order valence-electron chi connectivity index (χ3n) is 7.13. The molecule has 30 heavy (non-hydrogen) atoms. The van der Waals surface area contributed by atoms with E-state index in [1.807, 2.05) is 37.3 Å². The first-order chi connectivity index (χ1) is 14.6. The van der Waals surface area contributed by atoms with Crippen LogP contribution in [0.5, 0.6) is 0 Å². The standard InChI is InChI=1S/C22H26FN7/c1-13-8-19(29-28-13)26-20-17-4-2-3-5-18(17)25-21(27-20)24-14-9-15-11-22(6-7-23)12-16(10-14)30(15)22/h2-5,8,14-16H,6-7,9-12H2,1H3,(H3,24,25,26,27,28,29)/t14-,15+,16-,22?. The number of hydrogen-bond donors (Lipinski definition) is 3. The number of H-pyrrole nitrogens is 1. The van der Waals surface area contributed by atoms with E-state index in [2.05, 4.69) is 25.7 Å². The zero-order chi connectivity index (χ0) is 20.3. The molecule has 2 aromatic heterocycles. The summed E-state index contributed by atoms with van der Waals surface area (Å²) in [7, 11) is 0. The molecule has 1 aromatic carbocycles. The molecular formula is C22H26FN7. The molecule has 6 rings (SSSR count). The maximum Gasteiger partial charge on any atom is 0.225 e. The second kappa shape index (κ2) is 6.63. The second-order valence-electron chi connectivity index (χ2n) is 9.07. The Morgan fingerprint density at radius 1 is 1.20 bits per heavy atom. The number of anilines is 3. The number of nitrogens with zero attached hydrogens (tertiary/aromatic N) is 4. The number of halogens is 1. The van der Waals surface area contributed by atoms with Crippen LogP contribution in [0.1, 0.15) is 37.8 Å². The van der Waals surface area contributed by atoms with Crippen molar-refractivity contribution in [3.05, 3.63) is 36.0 Å². The summed E-state index contributed by atoms with van der Waals surface area (Å²) in [5.74, 6) is 2.14. The number of aromatic amines is 1. The number of alkyl halides is 1. The quantitative estimate of drug-likeness (QED) is 0.575. The lowest BCUT2D eigenvalue weighted by Crippen LogP contribution is -2.81. The number of aromatic nitrogens is 4. The van der Waals surface area contributed by atoms with E-state index in [1.165, 1.54) is 0 Å². The van der Waals surface area contributed by atoms with Crippen molar-refractivity contribution >= 4 is 28.5 Å². The molecule has 0 saturated carbocycles. The fourth-order valence-electron chi connectivity index (χ4n) is 6.01. The summed E-state index contributed by atoms with van der Waals surface area (Å²) in [6.07, 6.45) is 5.11. The van der Waals surface area contributed by atoms with Gasteiger partial charge in [0.2, 0.25) is 5.95 Å². The molecule has 4 atom stereocenters. The average molecular weight is 407 g/mol. The molecule has 3 aromatic rings. The minimum Gasteiger partial charge on any atom is -0.351 e. The molecule has 156 valence electrons. The number of para-hydroxylation sites is 1. The molecular weight excluding hydrogens is 381 g/mol. The Bertz CT molecular complexity index is 1080. The topological polar surface area (TPSA) is 81.8 Å². The van der Waals surface area contributed by atoms with Gasteiger partial charge in [0.05, 0.1) is 12.2 Å². The third-order valence-corrected chi connectivity index (χ3v) is 7.13. The van der Waals surface area contributed by atoms with Gasteiger partial charge in [-0.1, -0.05) is 12.1 Å². The van der Waals surface area contributed by atoms with E-state index < -0.39 is 0 Å². The molecule has 0 bridgehead atoms. The van der Waals surface area contributed by atoms with Crippen LogP contribution < -0.4 is 10.6 Å². The molecule has 5 heterocycles. The highest BCUT2D eigenvalue weighted by Crippen LogP contribution is 2.58. The molecule has 0 radical (unpaired) electrons. The highest BCUT2D eigenvalue weighted by molar-refractivity contribution is 5.91. The lowest BCUT2D eigenvalue weighted by molar-refractivity contribution is -0.224. The normalized spacial score (nSPS) is 29.7. The molecule has 3 aliphatic rings. The van der Waals surface area contributed by atoms with Crippen LogP contribution in [0.2, 0.25) is 0 Å². The van der Waals surface area contributed by atoms with Gasteiger partial charge < -0.3 is 10.6 Å². The number of rotatable bonds is 6. The van der Waals surface area contributed by atoms with E-state index in [1.54, 1.807) is 0 Å². The van der Waals surface area contributed by atoms with Gasteiger partial charge in [0.15, 0.2) is 5.82 Å².